The first-order valence-corrected chi connectivity index (χ1v) is 4.44. The van der Waals surface area contributed by atoms with Crippen LogP contribution in [-0.2, 0) is 19.1 Å². The van der Waals surface area contributed by atoms with Gasteiger partial charge in [0.05, 0.1) is 26.4 Å². The number of aliphatic hydroxyl groups is 4. The van der Waals surface area contributed by atoms with Gasteiger partial charge in [-0.15, -0.1) is 0 Å². The molecule has 1 aliphatic heterocycles. The molecule has 1 heterocycles. The molecular weight excluding hydrogens is 224 g/mol. The summed E-state index contributed by atoms with van der Waals surface area (Å²) in [5.41, 5.74) is 0. The zero-order valence-electron chi connectivity index (χ0n) is 8.40. The number of hydrogen-bond acceptors (Lipinski definition) is 8. The van der Waals surface area contributed by atoms with E-state index < -0.39 is 37.4 Å². The van der Waals surface area contributed by atoms with Crippen LogP contribution in [0.4, 0.5) is 0 Å². The minimum atomic E-state index is -1.82. The summed E-state index contributed by atoms with van der Waals surface area (Å²) in [7, 11) is 0. The molecule has 16 heavy (non-hydrogen) atoms. The minimum absolute atomic E-state index is 0.888. The third kappa shape index (κ3) is 7.26. The van der Waals surface area contributed by atoms with Gasteiger partial charge in [0.1, 0.15) is 0 Å². The van der Waals surface area contributed by atoms with Crippen LogP contribution in [0, 0.1) is 0 Å². The summed E-state index contributed by atoms with van der Waals surface area (Å²) in [4.78, 5) is 21.1. The third-order valence-corrected chi connectivity index (χ3v) is 1.30. The van der Waals surface area contributed by atoms with E-state index in [2.05, 4.69) is 9.47 Å². The van der Waals surface area contributed by atoms with Crippen molar-refractivity contribution in [3.63, 3.8) is 0 Å². The maximum Gasteiger partial charge on any atom is 0.345 e. The van der Waals surface area contributed by atoms with E-state index in [1.807, 2.05) is 0 Å². The Bertz CT molecular complexity index is 203. The maximum absolute atomic E-state index is 10.6. The van der Waals surface area contributed by atoms with Gasteiger partial charge < -0.3 is 29.9 Å². The molecule has 0 spiro atoms. The van der Waals surface area contributed by atoms with Crippen molar-refractivity contribution in [3.05, 3.63) is 0 Å². The fourth-order valence-electron chi connectivity index (χ4n) is 0.384. The molecule has 1 saturated heterocycles. The summed E-state index contributed by atoms with van der Waals surface area (Å²) in [5.74, 6) is -2.75. The van der Waals surface area contributed by atoms with Gasteiger partial charge in [0, 0.05) is 0 Å². The van der Waals surface area contributed by atoms with Crippen LogP contribution in [0.3, 0.4) is 0 Å². The van der Waals surface area contributed by atoms with Crippen molar-refractivity contribution in [1.82, 2.24) is 0 Å². The van der Waals surface area contributed by atoms with Gasteiger partial charge >= 0.3 is 11.9 Å². The third-order valence-electron chi connectivity index (χ3n) is 1.30. The Morgan fingerprint density at radius 3 is 1.56 bits per heavy atom. The maximum atomic E-state index is 10.6. The van der Waals surface area contributed by atoms with Crippen LogP contribution in [-0.4, -0.2) is 71.0 Å². The number of aliphatic hydroxyl groups excluding tert-OH is 4. The molecule has 8 nitrogen and oxygen atoms in total. The molecule has 0 aromatic carbocycles. The molecule has 0 aromatic heterocycles. The quantitative estimate of drug-likeness (QED) is 0.228. The van der Waals surface area contributed by atoms with E-state index in [1.54, 1.807) is 0 Å². The lowest BCUT2D eigenvalue weighted by Crippen LogP contribution is -2.34. The van der Waals surface area contributed by atoms with Crippen molar-refractivity contribution < 1.29 is 39.5 Å². The Kier molecular flexibility index (Phi) is 7.60. The smallest absolute Gasteiger partial charge is 0.345 e. The lowest BCUT2D eigenvalue weighted by molar-refractivity contribution is -0.173. The van der Waals surface area contributed by atoms with Crippen LogP contribution >= 0.6 is 0 Å². The zero-order chi connectivity index (χ0) is 12.6. The van der Waals surface area contributed by atoms with Gasteiger partial charge in [-0.05, 0) is 0 Å². The molecule has 1 fully saturated rings. The Balaban J connectivity index is 0.000000635. The van der Waals surface area contributed by atoms with Crippen LogP contribution in [0.2, 0.25) is 0 Å². The van der Waals surface area contributed by atoms with E-state index in [9.17, 15) is 9.59 Å². The molecule has 0 aliphatic carbocycles. The summed E-state index contributed by atoms with van der Waals surface area (Å²) in [6.45, 7) is 0.225. The molecule has 0 bridgehead atoms. The lowest BCUT2D eigenvalue weighted by Gasteiger charge is -2.08. The van der Waals surface area contributed by atoms with Crippen LogP contribution in [0.1, 0.15) is 0 Å². The summed E-state index contributed by atoms with van der Waals surface area (Å²) in [6.07, 6.45) is -3.65. The second-order valence-corrected chi connectivity index (χ2v) is 2.75. The van der Waals surface area contributed by atoms with Gasteiger partial charge in [-0.25, -0.2) is 9.59 Å². The van der Waals surface area contributed by atoms with E-state index >= 15 is 0 Å². The van der Waals surface area contributed by atoms with Crippen LogP contribution in [0.25, 0.3) is 0 Å². The van der Waals surface area contributed by atoms with Gasteiger partial charge in [0.2, 0.25) is 0 Å². The van der Waals surface area contributed by atoms with Crippen LogP contribution < -0.4 is 0 Å². The average Bonchev–Trinajstić information content (AvgIpc) is 3.13. The van der Waals surface area contributed by atoms with Gasteiger partial charge in [0.15, 0.2) is 12.2 Å². The summed E-state index contributed by atoms with van der Waals surface area (Å²) in [5, 5.41) is 33.7. The van der Waals surface area contributed by atoms with Crippen molar-refractivity contribution in [3.8, 4) is 0 Å². The number of rotatable bonds is 4. The van der Waals surface area contributed by atoms with E-state index in [1.165, 1.54) is 0 Å². The predicted molar refractivity (Wildman–Crippen MR) is 48.1 cm³/mol. The van der Waals surface area contributed by atoms with Gasteiger partial charge in [0.25, 0.3) is 0 Å². The first-order chi connectivity index (χ1) is 7.52. The topological polar surface area (TPSA) is 137 Å². The molecule has 8 heteroatoms. The number of hydrogen-bond donors (Lipinski definition) is 4. The highest BCUT2D eigenvalue weighted by Gasteiger charge is 2.23. The molecular formula is C8H14O8. The number of esters is 2. The SMILES string of the molecule is C1CO1.O=C(OC(=O)C(O)CO)C(O)CO. The molecule has 2 atom stereocenters. The molecule has 0 amide bonds. The van der Waals surface area contributed by atoms with Crippen molar-refractivity contribution >= 4 is 11.9 Å². The van der Waals surface area contributed by atoms with E-state index in [4.69, 9.17) is 20.4 Å². The first-order valence-electron chi connectivity index (χ1n) is 4.44. The molecule has 94 valence electrons. The van der Waals surface area contributed by atoms with Crippen molar-refractivity contribution in [1.29, 1.82) is 0 Å². The number of carbonyl (C=O) groups is 2. The summed E-state index contributed by atoms with van der Waals surface area (Å²) < 4.78 is 8.36. The first kappa shape index (κ1) is 14.9. The van der Waals surface area contributed by atoms with Crippen LogP contribution in [0.5, 0.6) is 0 Å². The fourth-order valence-corrected chi connectivity index (χ4v) is 0.384. The van der Waals surface area contributed by atoms with Crippen molar-refractivity contribution in [2.45, 2.75) is 12.2 Å². The largest absolute Gasteiger partial charge is 0.393 e. The molecule has 4 N–H and O–H groups in total. The highest BCUT2D eigenvalue weighted by Crippen LogP contribution is 1.92. The Morgan fingerprint density at radius 2 is 1.38 bits per heavy atom. The van der Waals surface area contributed by atoms with E-state index in [0.29, 0.717) is 0 Å². The van der Waals surface area contributed by atoms with E-state index in [0.717, 1.165) is 13.2 Å². The predicted octanol–water partition coefficient (Wildman–Crippen LogP) is -3.22. The molecule has 0 saturated carbocycles. The highest BCUT2D eigenvalue weighted by molar-refractivity contribution is 5.89. The molecule has 2 unspecified atom stereocenters. The summed E-state index contributed by atoms with van der Waals surface area (Å²) in [6, 6.07) is 0. The monoisotopic (exact) mass is 238 g/mol. The van der Waals surface area contributed by atoms with Crippen LogP contribution in [0.15, 0.2) is 0 Å². The normalized spacial score (nSPS) is 16.5. The van der Waals surface area contributed by atoms with E-state index in [-0.39, 0.29) is 0 Å². The molecule has 0 radical (unpaired) electrons. The van der Waals surface area contributed by atoms with Gasteiger partial charge in [-0.3, -0.25) is 0 Å². The summed E-state index contributed by atoms with van der Waals surface area (Å²) >= 11 is 0. The molecule has 1 rings (SSSR count). The average molecular weight is 238 g/mol. The highest BCUT2D eigenvalue weighted by atomic mass is 16.6. The Morgan fingerprint density at radius 1 is 1.06 bits per heavy atom. The number of carbonyl (C=O) groups excluding carboxylic acids is 2. The minimum Gasteiger partial charge on any atom is -0.393 e. The fraction of sp³-hybridized carbons (Fsp3) is 0.750. The lowest BCUT2D eigenvalue weighted by atomic mass is 10.3. The second kappa shape index (κ2) is 8.13. The van der Waals surface area contributed by atoms with Gasteiger partial charge in [-0.2, -0.15) is 0 Å². The molecule has 0 aromatic rings. The number of ether oxygens (including phenoxy) is 2. The zero-order valence-corrected chi connectivity index (χ0v) is 8.40. The Hall–Kier alpha value is -1.06. The second-order valence-electron chi connectivity index (χ2n) is 2.75. The standard InChI is InChI=1S/C6H10O7.C2H4O/c7-1-3(9)5(11)13-6(12)4(10)2-8;1-2-3-1/h3-4,7-10H,1-2H2;1-2H2. The Labute approximate surface area is 91.0 Å². The van der Waals surface area contributed by atoms with Crippen molar-refractivity contribution in [2.24, 2.45) is 0 Å². The molecule has 1 aliphatic rings. The van der Waals surface area contributed by atoms with Crippen molar-refractivity contribution in [2.75, 3.05) is 26.4 Å². The van der Waals surface area contributed by atoms with Gasteiger partial charge in [-0.1, -0.05) is 0 Å². The number of epoxide rings is 1.